The summed E-state index contributed by atoms with van der Waals surface area (Å²) in [5.41, 5.74) is 1.32. The van der Waals surface area contributed by atoms with Gasteiger partial charge in [0.1, 0.15) is 5.82 Å². The van der Waals surface area contributed by atoms with Crippen LogP contribution < -0.4 is 0 Å². The van der Waals surface area contributed by atoms with Gasteiger partial charge in [-0.15, -0.1) is 0 Å². The zero-order valence-electron chi connectivity index (χ0n) is 11.3. The summed E-state index contributed by atoms with van der Waals surface area (Å²) in [7, 11) is 1.76. The Morgan fingerprint density at radius 2 is 2.21 bits per heavy atom. The van der Waals surface area contributed by atoms with Crippen molar-refractivity contribution in [3.05, 3.63) is 35.6 Å². The number of hydrogen-bond donors (Lipinski definition) is 0. The van der Waals surface area contributed by atoms with E-state index in [2.05, 4.69) is 4.90 Å². The second-order valence-electron chi connectivity index (χ2n) is 5.80. The van der Waals surface area contributed by atoms with Crippen molar-refractivity contribution < 1.29 is 13.9 Å². The Kier molecular flexibility index (Phi) is 3.56. The van der Waals surface area contributed by atoms with E-state index in [1.807, 2.05) is 12.1 Å². The maximum Gasteiger partial charge on any atom is 0.123 e. The smallest absolute Gasteiger partial charge is 0.123 e. The van der Waals surface area contributed by atoms with Crippen LogP contribution in [0, 0.1) is 17.2 Å². The van der Waals surface area contributed by atoms with Crippen molar-refractivity contribution in [2.45, 2.75) is 6.54 Å². The highest BCUT2D eigenvalue weighted by molar-refractivity contribution is 5.16. The van der Waals surface area contributed by atoms with Gasteiger partial charge in [-0.2, -0.15) is 0 Å². The molecule has 2 aliphatic heterocycles. The van der Waals surface area contributed by atoms with Gasteiger partial charge in [-0.05, 0) is 17.7 Å². The molecular weight excluding hydrogens is 245 g/mol. The first-order valence-electron chi connectivity index (χ1n) is 6.75. The average molecular weight is 265 g/mol. The molecule has 0 spiro atoms. The van der Waals surface area contributed by atoms with Crippen LogP contribution in [-0.4, -0.2) is 44.9 Å². The monoisotopic (exact) mass is 265 g/mol. The van der Waals surface area contributed by atoms with Crippen LogP contribution in [0.4, 0.5) is 4.39 Å². The number of fused-ring (bicyclic) bond motifs is 1. The van der Waals surface area contributed by atoms with Gasteiger partial charge in [0.15, 0.2) is 0 Å². The summed E-state index contributed by atoms with van der Waals surface area (Å²) in [6.45, 7) is 5.32. The van der Waals surface area contributed by atoms with Gasteiger partial charge >= 0.3 is 0 Å². The van der Waals surface area contributed by atoms with Crippen LogP contribution in [0.15, 0.2) is 24.3 Å². The van der Waals surface area contributed by atoms with Gasteiger partial charge in [0, 0.05) is 38.1 Å². The Morgan fingerprint density at radius 3 is 2.95 bits per heavy atom. The number of hydrogen-bond acceptors (Lipinski definition) is 3. The predicted molar refractivity (Wildman–Crippen MR) is 70.3 cm³/mol. The third-order valence-corrected chi connectivity index (χ3v) is 4.34. The number of likely N-dealkylation sites (tertiary alicyclic amines) is 1. The Morgan fingerprint density at radius 1 is 1.42 bits per heavy atom. The SMILES string of the molecule is COC[C@]12COC[C@H]1CN(Cc1ccc(F)cc1)C2. The maximum absolute atomic E-state index is 12.9. The van der Waals surface area contributed by atoms with Crippen LogP contribution in [0.3, 0.4) is 0 Å². The molecule has 0 unspecified atom stereocenters. The van der Waals surface area contributed by atoms with Gasteiger partial charge in [0.05, 0.1) is 19.8 Å². The Balaban J connectivity index is 1.67. The fourth-order valence-corrected chi connectivity index (χ4v) is 3.40. The normalized spacial score (nSPS) is 30.7. The first-order valence-corrected chi connectivity index (χ1v) is 6.75. The van der Waals surface area contributed by atoms with E-state index in [0.29, 0.717) is 5.92 Å². The summed E-state index contributed by atoms with van der Waals surface area (Å²) < 4.78 is 23.9. The predicted octanol–water partition coefficient (Wildman–Crippen LogP) is 1.92. The van der Waals surface area contributed by atoms with Gasteiger partial charge in [0.2, 0.25) is 0 Å². The summed E-state index contributed by atoms with van der Waals surface area (Å²) in [6.07, 6.45) is 0. The molecule has 4 heteroatoms. The molecule has 2 saturated heterocycles. The maximum atomic E-state index is 12.9. The second-order valence-corrected chi connectivity index (χ2v) is 5.80. The van der Waals surface area contributed by atoms with Gasteiger partial charge < -0.3 is 9.47 Å². The van der Waals surface area contributed by atoms with Crippen molar-refractivity contribution in [2.75, 3.05) is 40.0 Å². The van der Waals surface area contributed by atoms with Crippen LogP contribution in [0.5, 0.6) is 0 Å². The molecule has 104 valence electrons. The van der Waals surface area contributed by atoms with Crippen LogP contribution in [-0.2, 0) is 16.0 Å². The topological polar surface area (TPSA) is 21.7 Å². The largest absolute Gasteiger partial charge is 0.384 e. The lowest BCUT2D eigenvalue weighted by molar-refractivity contribution is 0.0533. The third kappa shape index (κ3) is 2.53. The molecular formula is C15H20FNO2. The Bertz CT molecular complexity index is 436. The quantitative estimate of drug-likeness (QED) is 0.830. The molecule has 0 bridgehead atoms. The summed E-state index contributed by atoms with van der Waals surface area (Å²) in [5.74, 6) is 0.388. The molecule has 0 saturated carbocycles. The van der Waals surface area contributed by atoms with E-state index in [-0.39, 0.29) is 11.2 Å². The number of rotatable bonds is 4. The molecule has 0 N–H and O–H groups in total. The molecule has 0 amide bonds. The van der Waals surface area contributed by atoms with Crippen LogP contribution in [0.1, 0.15) is 5.56 Å². The average Bonchev–Trinajstić information content (AvgIpc) is 2.89. The standard InChI is InChI=1S/C15H20FNO2/c1-18-10-15-9-17(7-13(15)8-19-11-15)6-12-2-4-14(16)5-3-12/h2-5,13H,6-11H2,1H3/t13-,15-/m1/s1. The molecule has 3 nitrogen and oxygen atoms in total. The van der Waals surface area contributed by atoms with Gasteiger partial charge in [-0.1, -0.05) is 12.1 Å². The Labute approximate surface area is 113 Å². The number of benzene rings is 1. The van der Waals surface area contributed by atoms with Crippen molar-refractivity contribution in [3.63, 3.8) is 0 Å². The van der Waals surface area contributed by atoms with E-state index in [4.69, 9.17) is 9.47 Å². The van der Waals surface area contributed by atoms with Gasteiger partial charge in [-0.3, -0.25) is 4.90 Å². The minimum absolute atomic E-state index is 0.161. The van der Waals surface area contributed by atoms with Crippen LogP contribution in [0.2, 0.25) is 0 Å². The summed E-state index contributed by atoms with van der Waals surface area (Å²) in [5, 5.41) is 0. The summed E-state index contributed by atoms with van der Waals surface area (Å²) >= 11 is 0. The molecule has 2 fully saturated rings. The zero-order valence-corrected chi connectivity index (χ0v) is 11.3. The highest BCUT2D eigenvalue weighted by atomic mass is 19.1. The second kappa shape index (κ2) is 5.19. The van der Waals surface area contributed by atoms with Crippen molar-refractivity contribution >= 4 is 0 Å². The minimum atomic E-state index is -0.175. The lowest BCUT2D eigenvalue weighted by atomic mass is 9.82. The number of methoxy groups -OCH3 is 1. The van der Waals surface area contributed by atoms with Crippen molar-refractivity contribution in [1.29, 1.82) is 0 Å². The van der Waals surface area contributed by atoms with Crippen LogP contribution in [0.25, 0.3) is 0 Å². The van der Waals surface area contributed by atoms with E-state index >= 15 is 0 Å². The zero-order chi connectivity index (χ0) is 13.3. The molecule has 2 atom stereocenters. The molecule has 19 heavy (non-hydrogen) atoms. The summed E-state index contributed by atoms with van der Waals surface area (Å²) in [4.78, 5) is 2.43. The summed E-state index contributed by atoms with van der Waals surface area (Å²) in [6, 6.07) is 6.78. The van der Waals surface area contributed by atoms with Gasteiger partial charge in [0.25, 0.3) is 0 Å². The van der Waals surface area contributed by atoms with E-state index in [0.717, 1.165) is 45.0 Å². The molecule has 2 heterocycles. The molecule has 3 rings (SSSR count). The van der Waals surface area contributed by atoms with Crippen molar-refractivity contribution in [2.24, 2.45) is 11.3 Å². The lowest BCUT2D eigenvalue weighted by Gasteiger charge is -2.26. The number of halogens is 1. The Hall–Kier alpha value is -0.970. The first-order chi connectivity index (χ1) is 9.22. The fourth-order valence-electron chi connectivity index (χ4n) is 3.40. The van der Waals surface area contributed by atoms with Gasteiger partial charge in [-0.25, -0.2) is 4.39 Å². The molecule has 1 aromatic rings. The number of nitrogens with zero attached hydrogens (tertiary/aromatic N) is 1. The molecule has 2 aliphatic rings. The minimum Gasteiger partial charge on any atom is -0.384 e. The van der Waals surface area contributed by atoms with Crippen LogP contribution >= 0.6 is 0 Å². The van der Waals surface area contributed by atoms with E-state index in [1.54, 1.807) is 7.11 Å². The van der Waals surface area contributed by atoms with Crippen molar-refractivity contribution in [3.8, 4) is 0 Å². The first kappa shape index (κ1) is 13.0. The molecule has 0 radical (unpaired) electrons. The highest BCUT2D eigenvalue weighted by Gasteiger charge is 2.50. The lowest BCUT2D eigenvalue weighted by Crippen LogP contribution is -2.35. The third-order valence-electron chi connectivity index (χ3n) is 4.34. The van der Waals surface area contributed by atoms with E-state index < -0.39 is 0 Å². The molecule has 1 aromatic carbocycles. The van der Waals surface area contributed by atoms with E-state index in [9.17, 15) is 4.39 Å². The molecule has 0 aromatic heterocycles. The highest BCUT2D eigenvalue weighted by Crippen LogP contribution is 2.41. The fraction of sp³-hybridized carbons (Fsp3) is 0.600. The van der Waals surface area contributed by atoms with E-state index in [1.165, 1.54) is 12.1 Å². The van der Waals surface area contributed by atoms with Crippen molar-refractivity contribution in [1.82, 2.24) is 4.90 Å². The number of ether oxygens (including phenoxy) is 2. The molecule has 0 aliphatic carbocycles.